The normalized spacial score (nSPS) is 12.4. The molecule has 2 unspecified atom stereocenters. The Morgan fingerprint density at radius 1 is 0.436 bits per heavy atom. The van der Waals surface area contributed by atoms with E-state index in [0.717, 1.165) is 45.2 Å². The van der Waals surface area contributed by atoms with Gasteiger partial charge in [-0.25, -0.2) is 0 Å². The maximum absolute atomic E-state index is 12.4. The molecule has 0 aromatic heterocycles. The van der Waals surface area contributed by atoms with Crippen molar-refractivity contribution < 1.29 is 24.2 Å². The Morgan fingerprint density at radius 2 is 0.782 bits per heavy atom. The summed E-state index contributed by atoms with van der Waals surface area (Å²) in [5, 5.41) is 8.97. The molecule has 55 heavy (non-hydrogen) atoms. The summed E-state index contributed by atoms with van der Waals surface area (Å²) in [6.07, 6.45) is 40.8. The standard InChI is InChI=1S/C31H63NO3.C18H36O2/c1-4-7-10-12-13-17-23-30(22-16-11-8-5-2)29-35-31(34)24-18-14-19-26-32(25-9-6-3)27-20-15-21-28-33;1-4-6-8-10-11-13-15-18(16-20-17(3)19)14-12-9-7-5-2/h30,33H,4-29H2,1-3H3;18H,4-16H2,1-3H3. The van der Waals surface area contributed by atoms with Crippen molar-refractivity contribution in [3.8, 4) is 0 Å². The Kier molecular flexibility index (Phi) is 48.1. The largest absolute Gasteiger partial charge is 0.466 e. The van der Waals surface area contributed by atoms with Crippen molar-refractivity contribution in [2.45, 2.75) is 253 Å². The summed E-state index contributed by atoms with van der Waals surface area (Å²) in [4.78, 5) is 25.9. The molecule has 0 bridgehead atoms. The second-order valence-electron chi connectivity index (χ2n) is 16.8. The van der Waals surface area contributed by atoms with E-state index < -0.39 is 0 Å². The first-order valence-corrected chi connectivity index (χ1v) is 24.5. The molecule has 0 aromatic rings. The molecule has 6 nitrogen and oxygen atoms in total. The van der Waals surface area contributed by atoms with Crippen LogP contribution in [0.1, 0.15) is 253 Å². The molecular formula is C49H99NO5. The fourth-order valence-corrected chi connectivity index (χ4v) is 7.41. The van der Waals surface area contributed by atoms with Gasteiger partial charge < -0.3 is 19.5 Å². The van der Waals surface area contributed by atoms with Crippen LogP contribution in [0.4, 0.5) is 0 Å². The summed E-state index contributed by atoms with van der Waals surface area (Å²) in [6, 6.07) is 0. The van der Waals surface area contributed by atoms with Crippen LogP contribution in [0, 0.1) is 11.8 Å². The van der Waals surface area contributed by atoms with E-state index in [1.807, 2.05) is 0 Å². The Balaban J connectivity index is 0. The zero-order valence-corrected chi connectivity index (χ0v) is 38.3. The van der Waals surface area contributed by atoms with E-state index in [1.54, 1.807) is 0 Å². The molecule has 330 valence electrons. The third kappa shape index (κ3) is 45.4. The zero-order valence-electron chi connectivity index (χ0n) is 38.3. The van der Waals surface area contributed by atoms with Crippen molar-refractivity contribution >= 4 is 11.9 Å². The van der Waals surface area contributed by atoms with E-state index in [-0.39, 0.29) is 11.9 Å². The lowest BCUT2D eigenvalue weighted by Gasteiger charge is -2.22. The number of ether oxygens (including phenoxy) is 2. The fraction of sp³-hybridized carbons (Fsp3) is 0.959. The summed E-state index contributed by atoms with van der Waals surface area (Å²) >= 11 is 0. The number of carbonyl (C=O) groups is 2. The quantitative estimate of drug-likeness (QED) is 0.0491. The van der Waals surface area contributed by atoms with E-state index in [2.05, 4.69) is 39.5 Å². The monoisotopic (exact) mass is 782 g/mol. The highest BCUT2D eigenvalue weighted by Gasteiger charge is 2.13. The molecule has 0 aliphatic rings. The lowest BCUT2D eigenvalue weighted by molar-refractivity contribution is -0.145. The van der Waals surface area contributed by atoms with Crippen LogP contribution in [0.25, 0.3) is 0 Å². The minimum absolute atomic E-state index is 0.0124. The van der Waals surface area contributed by atoms with Crippen molar-refractivity contribution in [2.75, 3.05) is 39.5 Å². The highest BCUT2D eigenvalue weighted by atomic mass is 16.5. The number of aliphatic hydroxyl groups excluding tert-OH is 1. The average molecular weight is 782 g/mol. The summed E-state index contributed by atoms with van der Waals surface area (Å²) in [6.45, 7) is 17.8. The van der Waals surface area contributed by atoms with E-state index in [1.165, 1.54) is 187 Å². The lowest BCUT2D eigenvalue weighted by atomic mass is 9.95. The molecule has 0 radical (unpaired) electrons. The highest BCUT2D eigenvalue weighted by Crippen LogP contribution is 2.21. The lowest BCUT2D eigenvalue weighted by Crippen LogP contribution is -2.27. The number of aliphatic hydroxyl groups is 1. The van der Waals surface area contributed by atoms with Gasteiger partial charge in [-0.05, 0) is 95.7 Å². The Bertz CT molecular complexity index is 762. The molecule has 0 aliphatic heterocycles. The maximum Gasteiger partial charge on any atom is 0.305 e. The third-order valence-corrected chi connectivity index (χ3v) is 11.2. The minimum Gasteiger partial charge on any atom is -0.466 e. The summed E-state index contributed by atoms with van der Waals surface area (Å²) in [5.41, 5.74) is 0. The zero-order chi connectivity index (χ0) is 40.9. The van der Waals surface area contributed by atoms with Gasteiger partial charge in [0, 0.05) is 20.0 Å². The van der Waals surface area contributed by atoms with E-state index in [9.17, 15) is 9.59 Å². The SMILES string of the molecule is CCCCCCCCC(CCCCCC)COC(=O)CCCCCN(CCCC)CCCCCO.CCCCCCCCC(CCCCCC)COC(C)=O. The fourth-order valence-electron chi connectivity index (χ4n) is 7.41. The number of unbranched alkanes of at least 4 members (excludes halogenated alkanes) is 21. The van der Waals surface area contributed by atoms with Crippen LogP contribution in [0.15, 0.2) is 0 Å². The second kappa shape index (κ2) is 47.2. The van der Waals surface area contributed by atoms with Crippen LogP contribution in [0.2, 0.25) is 0 Å². The molecule has 0 aromatic carbocycles. The van der Waals surface area contributed by atoms with Gasteiger partial charge in [-0.1, -0.05) is 176 Å². The van der Waals surface area contributed by atoms with Gasteiger partial charge in [-0.3, -0.25) is 9.59 Å². The summed E-state index contributed by atoms with van der Waals surface area (Å²) in [5.74, 6) is 1.02. The molecule has 0 amide bonds. The summed E-state index contributed by atoms with van der Waals surface area (Å²) in [7, 11) is 0. The smallest absolute Gasteiger partial charge is 0.305 e. The van der Waals surface area contributed by atoms with Crippen LogP contribution in [-0.4, -0.2) is 61.4 Å². The van der Waals surface area contributed by atoms with Crippen molar-refractivity contribution in [1.82, 2.24) is 4.90 Å². The van der Waals surface area contributed by atoms with Crippen molar-refractivity contribution in [1.29, 1.82) is 0 Å². The number of carbonyl (C=O) groups excluding carboxylic acids is 2. The van der Waals surface area contributed by atoms with Gasteiger partial charge in [-0.15, -0.1) is 0 Å². The topological polar surface area (TPSA) is 76.1 Å². The molecule has 0 saturated carbocycles. The highest BCUT2D eigenvalue weighted by molar-refractivity contribution is 5.69. The first-order chi connectivity index (χ1) is 26.9. The predicted octanol–water partition coefficient (Wildman–Crippen LogP) is 14.6. The molecule has 0 fully saturated rings. The molecule has 0 aliphatic carbocycles. The average Bonchev–Trinajstić information content (AvgIpc) is 3.18. The summed E-state index contributed by atoms with van der Waals surface area (Å²) < 4.78 is 11.0. The molecule has 0 heterocycles. The molecule has 1 N–H and O–H groups in total. The molecule has 0 saturated heterocycles. The maximum atomic E-state index is 12.4. The van der Waals surface area contributed by atoms with E-state index in [4.69, 9.17) is 14.6 Å². The van der Waals surface area contributed by atoms with Crippen molar-refractivity contribution in [3.63, 3.8) is 0 Å². The second-order valence-corrected chi connectivity index (χ2v) is 16.8. The van der Waals surface area contributed by atoms with Gasteiger partial charge in [0.1, 0.15) is 0 Å². The molecular weight excluding hydrogens is 683 g/mol. The van der Waals surface area contributed by atoms with Crippen LogP contribution in [0.5, 0.6) is 0 Å². The van der Waals surface area contributed by atoms with Crippen molar-refractivity contribution in [2.24, 2.45) is 11.8 Å². The van der Waals surface area contributed by atoms with Gasteiger partial charge in [0.05, 0.1) is 13.2 Å². The van der Waals surface area contributed by atoms with Crippen LogP contribution >= 0.6 is 0 Å². The first-order valence-electron chi connectivity index (χ1n) is 24.5. The molecule has 2 atom stereocenters. The first kappa shape index (κ1) is 56.0. The van der Waals surface area contributed by atoms with Gasteiger partial charge in [0.2, 0.25) is 0 Å². The van der Waals surface area contributed by atoms with Gasteiger partial charge in [0.15, 0.2) is 0 Å². The minimum atomic E-state index is -0.133. The Morgan fingerprint density at radius 3 is 1.20 bits per heavy atom. The van der Waals surface area contributed by atoms with E-state index >= 15 is 0 Å². The molecule has 0 spiro atoms. The predicted molar refractivity (Wildman–Crippen MR) is 239 cm³/mol. The molecule has 6 heteroatoms. The van der Waals surface area contributed by atoms with Gasteiger partial charge in [0.25, 0.3) is 0 Å². The van der Waals surface area contributed by atoms with Crippen LogP contribution < -0.4 is 0 Å². The van der Waals surface area contributed by atoms with Crippen molar-refractivity contribution in [3.05, 3.63) is 0 Å². The Hall–Kier alpha value is -1.14. The van der Waals surface area contributed by atoms with Crippen LogP contribution in [-0.2, 0) is 19.1 Å². The number of hydrogen-bond donors (Lipinski definition) is 1. The molecule has 0 rings (SSSR count). The van der Waals surface area contributed by atoms with Gasteiger partial charge >= 0.3 is 11.9 Å². The third-order valence-electron chi connectivity index (χ3n) is 11.2. The van der Waals surface area contributed by atoms with Gasteiger partial charge in [-0.2, -0.15) is 0 Å². The van der Waals surface area contributed by atoms with E-state index in [0.29, 0.717) is 38.1 Å². The number of rotatable bonds is 42. The number of esters is 2. The van der Waals surface area contributed by atoms with Crippen LogP contribution in [0.3, 0.4) is 0 Å². The number of hydrogen-bond acceptors (Lipinski definition) is 6. The Labute approximate surface area is 344 Å². The number of nitrogens with zero attached hydrogens (tertiary/aromatic N) is 1.